The molecule has 0 saturated heterocycles. The number of hydrogen-bond acceptors (Lipinski definition) is 8. The number of fused-ring (bicyclic) bond motifs is 3. The van der Waals surface area contributed by atoms with Crippen molar-refractivity contribution in [3.8, 4) is 0 Å². The standard InChI is InChI=1S/2C27H44O3.C24H37FO2/c1-18(8-6-14-26(3,4)30)22-12-13-23-21(9-7-15-27(22,23)5)11-10-20-16-24(28)19(2)25(29)17-20;1-18(2)15-19(3)23-11-12-24-21(7-5-13-27(23,24)4)10-9-20-16-25(29)22(8-6-14-28)26(30)17-20;1-15(12-16(2)25)20-9-10-21-19(6-5-11-24(20,21)4)8-7-18-13-22(26)17(3)23(27)14-18/h10-11,18,22-25,28-30H,2,6-9,12-17H2,1,3-5H3;8-10,18-19,23-26,28-30H,5-7,11-17H2,1-4H3;7-8,15-16,20-23,26-27H,3,5-6,9-14H2,1-2,4H3/b21-11+;20-9?,21-10+,22-8?;19-8+/t18-,22?,23-,24+,25+,27+;19-,23?,24?,25+,26+,27+;15-,16?,20?,21?,22+,23+,24+/m000/s1. The third-order valence-corrected chi connectivity index (χ3v) is 24.5. The molecule has 9 heteroatoms. The number of alkyl halides is 1. The Hall–Kier alpha value is -2.73. The van der Waals surface area contributed by atoms with Crippen LogP contribution in [0, 0.1) is 75.4 Å². The van der Waals surface area contributed by atoms with Crippen LogP contribution in [0.15, 0.2) is 106 Å². The number of halogens is 1. The summed E-state index contributed by atoms with van der Waals surface area (Å²) in [4.78, 5) is 0. The van der Waals surface area contributed by atoms with E-state index in [4.69, 9.17) is 5.11 Å². The van der Waals surface area contributed by atoms with Crippen molar-refractivity contribution in [2.45, 2.75) is 298 Å². The largest absolute Gasteiger partial charge is 0.396 e. The van der Waals surface area contributed by atoms with Crippen molar-refractivity contribution in [3.05, 3.63) is 106 Å². The number of aliphatic hydroxyl groups is 8. The van der Waals surface area contributed by atoms with Crippen molar-refractivity contribution >= 4 is 0 Å². The highest BCUT2D eigenvalue weighted by Gasteiger charge is 2.53. The normalized spacial score (nSPS) is 38.2. The summed E-state index contributed by atoms with van der Waals surface area (Å²) < 4.78 is 13.6. The van der Waals surface area contributed by atoms with Crippen LogP contribution in [0.25, 0.3) is 0 Å². The molecule has 0 bridgehead atoms. The van der Waals surface area contributed by atoms with Gasteiger partial charge in [0.25, 0.3) is 0 Å². The lowest BCUT2D eigenvalue weighted by molar-refractivity contribution is 0.0596. The van der Waals surface area contributed by atoms with Crippen LogP contribution in [-0.2, 0) is 0 Å². The Balaban J connectivity index is 0.000000187. The highest BCUT2D eigenvalue weighted by Crippen LogP contribution is 2.63. The molecule has 6 unspecified atom stereocenters. The van der Waals surface area contributed by atoms with E-state index in [-0.39, 0.29) is 12.0 Å². The second-order valence-electron chi connectivity index (χ2n) is 32.0. The Morgan fingerprint density at radius 2 is 0.862 bits per heavy atom. The maximum absolute atomic E-state index is 13.6. The third kappa shape index (κ3) is 17.9. The molecular weight excluding hydrogens is 1080 g/mol. The van der Waals surface area contributed by atoms with Crippen LogP contribution in [0.5, 0.6) is 0 Å². The Morgan fingerprint density at radius 3 is 1.20 bits per heavy atom. The molecule has 0 aromatic carbocycles. The van der Waals surface area contributed by atoms with Crippen LogP contribution in [0.4, 0.5) is 4.39 Å². The van der Waals surface area contributed by atoms with Crippen molar-refractivity contribution in [2.24, 2.45) is 75.4 Å². The van der Waals surface area contributed by atoms with Gasteiger partial charge >= 0.3 is 0 Å². The molecule has 9 aliphatic rings. The summed E-state index contributed by atoms with van der Waals surface area (Å²) in [6.45, 7) is 32.5. The van der Waals surface area contributed by atoms with E-state index in [1.165, 1.54) is 108 Å². The second kappa shape index (κ2) is 31.3. The molecule has 0 aromatic heterocycles. The molecule has 0 spiro atoms. The lowest BCUT2D eigenvalue weighted by atomic mass is 9.60. The zero-order valence-corrected chi connectivity index (χ0v) is 56.5. The lowest BCUT2D eigenvalue weighted by Gasteiger charge is -2.44. The molecule has 0 heterocycles. The Morgan fingerprint density at radius 1 is 0.517 bits per heavy atom. The van der Waals surface area contributed by atoms with Gasteiger partial charge in [-0.05, 0) is 273 Å². The topological polar surface area (TPSA) is 162 Å². The molecular formula is C78H125FO8. The molecule has 9 fully saturated rings. The number of aliphatic hydroxyl groups excluding tert-OH is 7. The molecule has 8 nitrogen and oxygen atoms in total. The summed E-state index contributed by atoms with van der Waals surface area (Å²) in [5, 5.41) is 80.3. The highest BCUT2D eigenvalue weighted by atomic mass is 19.1. The third-order valence-electron chi connectivity index (χ3n) is 24.5. The zero-order chi connectivity index (χ0) is 63.8. The molecule has 0 radical (unpaired) electrons. The van der Waals surface area contributed by atoms with Crippen molar-refractivity contribution in [1.82, 2.24) is 0 Å². The summed E-state index contributed by atoms with van der Waals surface area (Å²) >= 11 is 0. The first-order chi connectivity index (χ1) is 41.0. The first-order valence-electron chi connectivity index (χ1n) is 35.3. The first kappa shape index (κ1) is 71.7. The van der Waals surface area contributed by atoms with E-state index >= 15 is 0 Å². The van der Waals surface area contributed by atoms with Crippen molar-refractivity contribution < 1.29 is 45.2 Å². The fourth-order valence-corrected chi connectivity index (χ4v) is 20.0. The van der Waals surface area contributed by atoms with E-state index in [2.05, 4.69) is 105 Å². The van der Waals surface area contributed by atoms with Gasteiger partial charge in [-0.25, -0.2) is 4.39 Å². The summed E-state index contributed by atoms with van der Waals surface area (Å²) in [5.41, 5.74) is 10.4. The molecule has 492 valence electrons. The average molecular weight is 1210 g/mol. The van der Waals surface area contributed by atoms with Crippen LogP contribution in [0.1, 0.15) is 250 Å². The van der Waals surface area contributed by atoms with Gasteiger partial charge in [-0.1, -0.05) is 157 Å². The van der Waals surface area contributed by atoms with Crippen molar-refractivity contribution in [2.75, 3.05) is 6.61 Å². The maximum atomic E-state index is 13.6. The fraction of sp³-hybridized carbons (Fsp3) is 0.769. The van der Waals surface area contributed by atoms with E-state index in [0.717, 1.165) is 59.7 Å². The van der Waals surface area contributed by atoms with Gasteiger partial charge in [0.1, 0.15) is 0 Å². The van der Waals surface area contributed by atoms with Crippen LogP contribution < -0.4 is 0 Å². The summed E-state index contributed by atoms with van der Waals surface area (Å²) in [7, 11) is 0. The minimum atomic E-state index is -0.718. The second-order valence-corrected chi connectivity index (χ2v) is 32.0. The fourth-order valence-electron chi connectivity index (χ4n) is 20.0. The highest BCUT2D eigenvalue weighted by molar-refractivity contribution is 5.33. The van der Waals surface area contributed by atoms with Gasteiger partial charge < -0.3 is 40.9 Å². The Labute approximate surface area is 528 Å². The monoisotopic (exact) mass is 1210 g/mol. The Kier molecular flexibility index (Phi) is 25.8. The molecule has 87 heavy (non-hydrogen) atoms. The lowest BCUT2D eigenvalue weighted by Crippen LogP contribution is -2.36. The number of rotatable bonds is 16. The van der Waals surface area contributed by atoms with E-state index < -0.39 is 48.4 Å². The van der Waals surface area contributed by atoms with E-state index in [9.17, 15) is 40.1 Å². The predicted octanol–water partition coefficient (Wildman–Crippen LogP) is 16.8. The average Bonchev–Trinajstić information content (AvgIpc) is 1.85. The molecule has 9 saturated carbocycles. The molecule has 0 aliphatic heterocycles. The first-order valence-corrected chi connectivity index (χ1v) is 35.3. The molecule has 19 atom stereocenters. The van der Waals surface area contributed by atoms with Crippen LogP contribution in [0.2, 0.25) is 0 Å². The van der Waals surface area contributed by atoms with E-state index in [1.807, 2.05) is 13.8 Å². The zero-order valence-electron chi connectivity index (χ0n) is 56.5. The van der Waals surface area contributed by atoms with E-state index in [0.29, 0.717) is 114 Å². The Bertz CT molecular complexity index is 2470. The smallest absolute Gasteiger partial charge is 0.0976 e. The molecule has 9 rings (SSSR count). The van der Waals surface area contributed by atoms with Gasteiger partial charge in [0, 0.05) is 6.61 Å². The molecule has 8 N–H and O–H groups in total. The van der Waals surface area contributed by atoms with Gasteiger partial charge in [0.05, 0.1) is 48.4 Å². The summed E-state index contributed by atoms with van der Waals surface area (Å²) in [6.07, 6.45) is 38.9. The van der Waals surface area contributed by atoms with Gasteiger partial charge in [-0.15, -0.1) is 0 Å². The van der Waals surface area contributed by atoms with Crippen molar-refractivity contribution in [1.29, 1.82) is 0 Å². The minimum Gasteiger partial charge on any atom is -0.396 e. The summed E-state index contributed by atoms with van der Waals surface area (Å²) in [6, 6.07) is 0. The van der Waals surface area contributed by atoms with Crippen molar-refractivity contribution in [3.63, 3.8) is 0 Å². The minimum absolute atomic E-state index is 0.0503. The van der Waals surface area contributed by atoms with Gasteiger partial charge in [0.2, 0.25) is 0 Å². The molecule has 0 aromatic rings. The maximum Gasteiger partial charge on any atom is 0.0976 e. The number of hydrogen-bond donors (Lipinski definition) is 8. The van der Waals surface area contributed by atoms with Crippen LogP contribution in [-0.4, -0.2) is 95.9 Å². The van der Waals surface area contributed by atoms with Crippen LogP contribution >= 0.6 is 0 Å². The quantitative estimate of drug-likeness (QED) is 0.0709. The number of allylic oxidation sites excluding steroid dienone is 9. The van der Waals surface area contributed by atoms with E-state index in [1.54, 1.807) is 24.1 Å². The summed E-state index contributed by atoms with van der Waals surface area (Å²) in [5.74, 6) is 6.87. The molecule has 9 aliphatic carbocycles. The van der Waals surface area contributed by atoms with Gasteiger partial charge in [-0.3, -0.25) is 0 Å². The predicted molar refractivity (Wildman–Crippen MR) is 357 cm³/mol. The molecule has 0 amide bonds. The van der Waals surface area contributed by atoms with Gasteiger partial charge in [0.15, 0.2) is 0 Å². The SMILES string of the molecule is C=C1[C@H](O)CC(=C/C=C2\CCC[C@@]3(C)C2CCC3[C@@H](C)CC(C)F)C[C@H]1O.C=C1[C@H](O)CC(=C/C=C2\CCC[C@]3(C)C([C@@H](C)CCCC(C)(C)O)CC[C@@H]23)C[C@H]1O.CC(C)C[C@H](C)C1CCC2/C(=C/C=C3C[C@@H](O)C(=CCCO)[C@H](O)C3)CCC[C@@]21C. The van der Waals surface area contributed by atoms with Gasteiger partial charge in [-0.2, -0.15) is 0 Å². The van der Waals surface area contributed by atoms with Crippen LogP contribution in [0.3, 0.4) is 0 Å².